The van der Waals surface area contributed by atoms with E-state index in [9.17, 15) is 9.59 Å². The van der Waals surface area contributed by atoms with E-state index in [4.69, 9.17) is 16.7 Å². The van der Waals surface area contributed by atoms with Gasteiger partial charge in [-0.05, 0) is 37.0 Å². The van der Waals surface area contributed by atoms with Crippen LogP contribution in [0.5, 0.6) is 0 Å². The number of carboxylic acid groups (broad SMARTS) is 1. The maximum Gasteiger partial charge on any atom is 0.328 e. The Morgan fingerprint density at radius 1 is 1.27 bits per heavy atom. The van der Waals surface area contributed by atoms with Crippen LogP contribution in [0.3, 0.4) is 0 Å². The Kier molecular flexibility index (Phi) is 6.14. The second kappa shape index (κ2) is 8.54. The van der Waals surface area contributed by atoms with Crippen molar-refractivity contribution < 1.29 is 14.7 Å². The van der Waals surface area contributed by atoms with Gasteiger partial charge in [0, 0.05) is 37.3 Å². The van der Waals surface area contributed by atoms with Crippen molar-refractivity contribution >= 4 is 35.4 Å². The molecule has 1 aliphatic carbocycles. The molecule has 1 aromatic heterocycles. The third-order valence-electron chi connectivity index (χ3n) is 5.08. The van der Waals surface area contributed by atoms with Gasteiger partial charge in [-0.25, -0.2) is 9.78 Å². The summed E-state index contributed by atoms with van der Waals surface area (Å²) in [5.41, 5.74) is 0.628. The van der Waals surface area contributed by atoms with Crippen LogP contribution in [0.2, 0.25) is 5.02 Å². The van der Waals surface area contributed by atoms with E-state index in [2.05, 4.69) is 10.3 Å². The van der Waals surface area contributed by atoms with E-state index in [0.29, 0.717) is 28.9 Å². The molecular formula is C19H24ClN3O3. The molecule has 26 heavy (non-hydrogen) atoms. The van der Waals surface area contributed by atoms with Gasteiger partial charge in [0.2, 0.25) is 5.91 Å². The molecular weight excluding hydrogens is 354 g/mol. The van der Waals surface area contributed by atoms with Crippen molar-refractivity contribution in [1.82, 2.24) is 9.88 Å². The fourth-order valence-corrected chi connectivity index (χ4v) is 3.93. The third kappa shape index (κ3) is 4.75. The minimum absolute atomic E-state index is 0.132. The number of anilines is 1. The van der Waals surface area contributed by atoms with Crippen LogP contribution in [0, 0.1) is 5.92 Å². The number of hydrogen-bond donors (Lipinski definition) is 2. The highest BCUT2D eigenvalue weighted by molar-refractivity contribution is 6.33. The van der Waals surface area contributed by atoms with Gasteiger partial charge in [-0.3, -0.25) is 4.79 Å². The average molecular weight is 378 g/mol. The van der Waals surface area contributed by atoms with Gasteiger partial charge in [-0.1, -0.05) is 30.9 Å². The molecule has 1 atom stereocenters. The summed E-state index contributed by atoms with van der Waals surface area (Å²) in [5.74, 6) is 0.0415. The first-order valence-corrected chi connectivity index (χ1v) is 9.52. The minimum atomic E-state index is -1.02. The van der Waals surface area contributed by atoms with Crippen molar-refractivity contribution in [1.29, 1.82) is 0 Å². The molecule has 2 heterocycles. The van der Waals surface area contributed by atoms with Crippen LogP contribution in [-0.2, 0) is 9.59 Å². The number of hydrogen-bond acceptors (Lipinski definition) is 4. The molecule has 1 aliphatic heterocycles. The largest absolute Gasteiger partial charge is 0.478 e. The number of aliphatic carboxylic acids is 1. The van der Waals surface area contributed by atoms with Crippen molar-refractivity contribution in [3.63, 3.8) is 0 Å². The predicted octanol–water partition coefficient (Wildman–Crippen LogP) is 3.43. The Morgan fingerprint density at radius 3 is 2.73 bits per heavy atom. The van der Waals surface area contributed by atoms with Crippen molar-refractivity contribution in [3.05, 3.63) is 28.9 Å². The molecule has 2 fully saturated rings. The minimum Gasteiger partial charge on any atom is -0.478 e. The molecule has 3 rings (SSSR count). The van der Waals surface area contributed by atoms with E-state index in [1.165, 1.54) is 12.5 Å². The Labute approximate surface area is 158 Å². The van der Waals surface area contributed by atoms with Crippen molar-refractivity contribution in [2.45, 2.75) is 44.6 Å². The highest BCUT2D eigenvalue weighted by Crippen LogP contribution is 2.28. The second-order valence-electron chi connectivity index (χ2n) is 7.02. The lowest BCUT2D eigenvalue weighted by atomic mass is 9.88. The van der Waals surface area contributed by atoms with Gasteiger partial charge in [0.1, 0.15) is 5.82 Å². The monoisotopic (exact) mass is 377 g/mol. The second-order valence-corrected chi connectivity index (χ2v) is 7.43. The summed E-state index contributed by atoms with van der Waals surface area (Å²) in [6.45, 7) is 1.44. The number of carboxylic acids is 1. The molecule has 1 saturated heterocycles. The van der Waals surface area contributed by atoms with E-state index >= 15 is 0 Å². The Balaban J connectivity index is 1.56. The van der Waals surface area contributed by atoms with Crippen LogP contribution in [0.4, 0.5) is 5.82 Å². The van der Waals surface area contributed by atoms with E-state index in [1.54, 1.807) is 12.3 Å². The first-order valence-electron chi connectivity index (χ1n) is 9.15. The topological polar surface area (TPSA) is 82.5 Å². The van der Waals surface area contributed by atoms with Gasteiger partial charge in [-0.2, -0.15) is 0 Å². The normalized spacial score (nSPS) is 21.3. The summed E-state index contributed by atoms with van der Waals surface area (Å²) in [6.07, 6.45) is 10.6. The lowest BCUT2D eigenvalue weighted by Gasteiger charge is -2.26. The van der Waals surface area contributed by atoms with Crippen LogP contribution in [0.1, 0.15) is 44.1 Å². The van der Waals surface area contributed by atoms with Gasteiger partial charge in [0.15, 0.2) is 0 Å². The van der Waals surface area contributed by atoms with Gasteiger partial charge in [0.25, 0.3) is 0 Å². The maximum absolute atomic E-state index is 12.6. The predicted molar refractivity (Wildman–Crippen MR) is 101 cm³/mol. The molecule has 1 unspecified atom stereocenters. The number of nitrogens with one attached hydrogen (secondary N) is 1. The number of aromatic nitrogens is 1. The van der Waals surface area contributed by atoms with Gasteiger partial charge in [0.05, 0.1) is 5.02 Å². The number of nitrogens with zero attached hydrogens (tertiary/aromatic N) is 2. The Morgan fingerprint density at radius 2 is 2.04 bits per heavy atom. The van der Waals surface area contributed by atoms with E-state index in [1.807, 2.05) is 4.90 Å². The standard InChI is InChI=1S/C19H24ClN3O3/c20-16-10-13(6-7-17(24)25)11-21-18(16)22-15-8-9-23(12-15)19(26)14-4-2-1-3-5-14/h6-7,10-11,14-15H,1-5,8-9,12H2,(H,21,22)(H,24,25). The first-order chi connectivity index (χ1) is 12.5. The zero-order valence-electron chi connectivity index (χ0n) is 14.7. The fourth-order valence-electron chi connectivity index (χ4n) is 3.70. The zero-order chi connectivity index (χ0) is 18.5. The van der Waals surface area contributed by atoms with E-state index in [0.717, 1.165) is 44.7 Å². The third-order valence-corrected chi connectivity index (χ3v) is 5.36. The molecule has 0 spiro atoms. The summed E-state index contributed by atoms with van der Waals surface area (Å²) in [4.78, 5) is 29.5. The first kappa shape index (κ1) is 18.7. The van der Waals surface area contributed by atoms with Crippen LogP contribution in [0.25, 0.3) is 6.08 Å². The number of carbonyl (C=O) groups excluding carboxylic acids is 1. The molecule has 1 amide bonds. The average Bonchev–Trinajstić information content (AvgIpc) is 3.10. The molecule has 2 aliphatic rings. The molecule has 7 heteroatoms. The van der Waals surface area contributed by atoms with Crippen molar-refractivity contribution in [3.8, 4) is 0 Å². The molecule has 140 valence electrons. The molecule has 1 saturated carbocycles. The quantitative estimate of drug-likeness (QED) is 0.768. The highest BCUT2D eigenvalue weighted by atomic mass is 35.5. The summed E-state index contributed by atoms with van der Waals surface area (Å²) < 4.78 is 0. The maximum atomic E-state index is 12.6. The summed E-state index contributed by atoms with van der Waals surface area (Å²) in [7, 11) is 0. The molecule has 0 aromatic carbocycles. The highest BCUT2D eigenvalue weighted by Gasteiger charge is 2.31. The summed E-state index contributed by atoms with van der Waals surface area (Å²) in [5, 5.41) is 12.4. The number of carbonyl (C=O) groups is 2. The number of amides is 1. The molecule has 0 radical (unpaired) electrons. The number of rotatable bonds is 5. The summed E-state index contributed by atoms with van der Waals surface area (Å²) in [6, 6.07) is 1.81. The van der Waals surface area contributed by atoms with Crippen LogP contribution < -0.4 is 5.32 Å². The van der Waals surface area contributed by atoms with E-state index in [-0.39, 0.29) is 12.0 Å². The Bertz CT molecular complexity index is 701. The summed E-state index contributed by atoms with van der Waals surface area (Å²) >= 11 is 6.26. The van der Waals surface area contributed by atoms with Crippen LogP contribution in [0.15, 0.2) is 18.3 Å². The van der Waals surface area contributed by atoms with Gasteiger partial charge >= 0.3 is 5.97 Å². The van der Waals surface area contributed by atoms with Crippen molar-refractivity contribution in [2.24, 2.45) is 5.92 Å². The van der Waals surface area contributed by atoms with Crippen LogP contribution >= 0.6 is 11.6 Å². The van der Waals surface area contributed by atoms with Gasteiger partial charge < -0.3 is 15.3 Å². The van der Waals surface area contributed by atoms with Crippen molar-refractivity contribution in [2.75, 3.05) is 18.4 Å². The lowest BCUT2D eigenvalue weighted by Crippen LogP contribution is -2.36. The number of halogens is 1. The SMILES string of the molecule is O=C(O)C=Cc1cnc(NC2CCN(C(=O)C3CCCCC3)C2)c(Cl)c1. The lowest BCUT2D eigenvalue weighted by molar-refractivity contribution is -0.135. The molecule has 2 N–H and O–H groups in total. The Hall–Kier alpha value is -2.08. The molecule has 1 aromatic rings. The smallest absolute Gasteiger partial charge is 0.328 e. The van der Waals surface area contributed by atoms with Gasteiger partial charge in [-0.15, -0.1) is 0 Å². The molecule has 0 bridgehead atoms. The number of pyridine rings is 1. The van der Waals surface area contributed by atoms with Crippen LogP contribution in [-0.4, -0.2) is 46.0 Å². The molecule has 6 nitrogen and oxygen atoms in total. The van der Waals surface area contributed by atoms with E-state index < -0.39 is 5.97 Å². The zero-order valence-corrected chi connectivity index (χ0v) is 15.4. The number of likely N-dealkylation sites (tertiary alicyclic amines) is 1. The fraction of sp³-hybridized carbons (Fsp3) is 0.526.